The van der Waals surface area contributed by atoms with Crippen LogP contribution in [0.1, 0.15) is 32.1 Å². The molecule has 0 aliphatic carbocycles. The summed E-state index contributed by atoms with van der Waals surface area (Å²) < 4.78 is 6.08. The fourth-order valence-electron chi connectivity index (χ4n) is 1.66. The van der Waals surface area contributed by atoms with Crippen molar-refractivity contribution in [1.29, 1.82) is 0 Å². The summed E-state index contributed by atoms with van der Waals surface area (Å²) in [5.74, 6) is -0.0449. The minimum absolute atomic E-state index is 0.0626. The van der Waals surface area contributed by atoms with Gasteiger partial charge in [0, 0.05) is 0 Å². The summed E-state index contributed by atoms with van der Waals surface area (Å²) in [4.78, 5) is 12.8. The van der Waals surface area contributed by atoms with Gasteiger partial charge in [0.25, 0.3) is 0 Å². The molecule has 16 heavy (non-hydrogen) atoms. The van der Waals surface area contributed by atoms with Gasteiger partial charge in [-0.25, -0.2) is 0 Å². The molecule has 1 rings (SSSR count). The largest absolute Gasteiger partial charge is 0.480 e. The van der Waals surface area contributed by atoms with E-state index < -0.39 is 12.0 Å². The van der Waals surface area contributed by atoms with Gasteiger partial charge in [0.2, 0.25) is 0 Å². The van der Waals surface area contributed by atoms with Gasteiger partial charge in [-0.1, -0.05) is 6.92 Å². The molecule has 0 fully saturated rings. The molecule has 0 saturated heterocycles. The Balaban J connectivity index is 2.80. The average Bonchev–Trinajstić information content (AvgIpc) is 2.64. The number of halogens is 1. The normalized spacial score (nSPS) is 15.1. The van der Waals surface area contributed by atoms with Gasteiger partial charge < -0.3 is 9.52 Å². The summed E-state index contributed by atoms with van der Waals surface area (Å²) >= 11 is 3.23. The average molecular weight is 290 g/mol. The summed E-state index contributed by atoms with van der Waals surface area (Å²) in [5.41, 5.74) is 0. The number of furan rings is 1. The third-order valence-corrected chi connectivity index (χ3v) is 3.21. The van der Waals surface area contributed by atoms with Crippen LogP contribution >= 0.6 is 15.9 Å². The second-order valence-corrected chi connectivity index (χ2v) is 4.53. The Labute approximate surface area is 103 Å². The highest BCUT2D eigenvalue weighted by atomic mass is 79.9. The molecule has 2 unspecified atom stereocenters. The molecule has 2 atom stereocenters. The zero-order valence-electron chi connectivity index (χ0n) is 9.61. The molecule has 0 aliphatic heterocycles. The van der Waals surface area contributed by atoms with E-state index in [2.05, 4.69) is 15.9 Å². The number of carboxylic acid groups (broad SMARTS) is 1. The van der Waals surface area contributed by atoms with Gasteiger partial charge in [0.05, 0.1) is 6.04 Å². The van der Waals surface area contributed by atoms with Crippen LogP contribution in [-0.2, 0) is 4.79 Å². The lowest BCUT2D eigenvalue weighted by atomic mass is 10.1. The first-order chi connectivity index (χ1) is 7.47. The number of nitrogens with zero attached hydrogens (tertiary/aromatic N) is 1. The fourth-order valence-corrected chi connectivity index (χ4v) is 1.98. The van der Waals surface area contributed by atoms with Crippen molar-refractivity contribution in [3.05, 3.63) is 22.6 Å². The smallest absolute Gasteiger partial charge is 0.320 e. The van der Waals surface area contributed by atoms with Crippen molar-refractivity contribution in [2.75, 3.05) is 7.05 Å². The van der Waals surface area contributed by atoms with Crippen molar-refractivity contribution in [3.63, 3.8) is 0 Å². The Morgan fingerprint density at radius 2 is 2.25 bits per heavy atom. The minimum Gasteiger partial charge on any atom is -0.480 e. The quantitative estimate of drug-likeness (QED) is 0.906. The van der Waals surface area contributed by atoms with E-state index in [9.17, 15) is 4.79 Å². The third-order valence-electron chi connectivity index (χ3n) is 2.78. The van der Waals surface area contributed by atoms with Crippen LogP contribution in [-0.4, -0.2) is 29.1 Å². The number of likely N-dealkylation sites (N-methyl/N-ethyl adjacent to an activating group) is 1. The molecule has 90 valence electrons. The van der Waals surface area contributed by atoms with Crippen LogP contribution < -0.4 is 0 Å². The maximum absolute atomic E-state index is 11.0. The second-order valence-electron chi connectivity index (χ2n) is 3.75. The van der Waals surface area contributed by atoms with E-state index in [1.54, 1.807) is 18.0 Å². The Kier molecular flexibility index (Phi) is 4.56. The maximum atomic E-state index is 11.0. The number of carboxylic acids is 1. The highest BCUT2D eigenvalue weighted by molar-refractivity contribution is 9.10. The Bertz CT molecular complexity index is 364. The van der Waals surface area contributed by atoms with Crippen molar-refractivity contribution in [2.45, 2.75) is 32.4 Å². The molecule has 1 heterocycles. The van der Waals surface area contributed by atoms with Gasteiger partial charge in [-0.15, -0.1) is 0 Å². The first-order valence-electron chi connectivity index (χ1n) is 5.17. The van der Waals surface area contributed by atoms with E-state index in [4.69, 9.17) is 9.52 Å². The summed E-state index contributed by atoms with van der Waals surface area (Å²) in [6.07, 6.45) is 0.568. The van der Waals surface area contributed by atoms with Gasteiger partial charge >= 0.3 is 5.97 Å². The molecule has 1 aromatic heterocycles. The van der Waals surface area contributed by atoms with Crippen molar-refractivity contribution in [1.82, 2.24) is 4.90 Å². The van der Waals surface area contributed by atoms with E-state index in [-0.39, 0.29) is 6.04 Å². The monoisotopic (exact) mass is 289 g/mol. The lowest BCUT2D eigenvalue weighted by Crippen LogP contribution is -2.39. The third kappa shape index (κ3) is 2.86. The molecular weight excluding hydrogens is 274 g/mol. The highest BCUT2D eigenvalue weighted by Crippen LogP contribution is 2.25. The Morgan fingerprint density at radius 3 is 2.62 bits per heavy atom. The van der Waals surface area contributed by atoms with E-state index in [0.29, 0.717) is 11.1 Å². The summed E-state index contributed by atoms with van der Waals surface area (Å²) in [6.45, 7) is 3.79. The zero-order chi connectivity index (χ0) is 12.3. The van der Waals surface area contributed by atoms with Gasteiger partial charge in [0.15, 0.2) is 4.67 Å². The number of hydrogen-bond acceptors (Lipinski definition) is 3. The summed E-state index contributed by atoms with van der Waals surface area (Å²) in [7, 11) is 1.80. The Morgan fingerprint density at radius 1 is 1.62 bits per heavy atom. The molecule has 4 nitrogen and oxygen atoms in total. The highest BCUT2D eigenvalue weighted by Gasteiger charge is 2.26. The molecule has 1 aromatic rings. The molecule has 0 aliphatic rings. The van der Waals surface area contributed by atoms with Gasteiger partial charge in [-0.05, 0) is 48.5 Å². The first kappa shape index (κ1) is 13.3. The standard InChI is InChI=1S/C11H16BrNO3/c1-4-8(11(14)15)13(3)7(2)9-5-6-10(12)16-9/h5-8H,4H2,1-3H3,(H,14,15). The zero-order valence-corrected chi connectivity index (χ0v) is 11.2. The fraction of sp³-hybridized carbons (Fsp3) is 0.545. The predicted molar refractivity (Wildman–Crippen MR) is 64.3 cm³/mol. The van der Waals surface area contributed by atoms with E-state index >= 15 is 0 Å². The molecule has 0 radical (unpaired) electrons. The van der Waals surface area contributed by atoms with Crippen molar-refractivity contribution in [3.8, 4) is 0 Å². The summed E-state index contributed by atoms with van der Waals surface area (Å²) in [5, 5.41) is 9.06. The second kappa shape index (κ2) is 5.50. The molecule has 5 heteroatoms. The first-order valence-corrected chi connectivity index (χ1v) is 5.96. The van der Waals surface area contributed by atoms with Crippen molar-refractivity contribution < 1.29 is 14.3 Å². The molecule has 0 spiro atoms. The molecule has 0 amide bonds. The van der Waals surface area contributed by atoms with Crippen LogP contribution in [0.3, 0.4) is 0 Å². The predicted octanol–water partition coefficient (Wildman–Crippen LogP) is 2.90. The van der Waals surface area contributed by atoms with Crippen molar-refractivity contribution >= 4 is 21.9 Å². The van der Waals surface area contributed by atoms with E-state index in [1.807, 2.05) is 19.9 Å². The maximum Gasteiger partial charge on any atom is 0.320 e. The molecule has 1 N–H and O–H groups in total. The molecule has 0 aromatic carbocycles. The van der Waals surface area contributed by atoms with Gasteiger partial charge in [0.1, 0.15) is 11.8 Å². The van der Waals surface area contributed by atoms with Crippen LogP contribution in [0.2, 0.25) is 0 Å². The molecule has 0 bridgehead atoms. The number of hydrogen-bond donors (Lipinski definition) is 1. The lowest BCUT2D eigenvalue weighted by Gasteiger charge is -2.28. The number of carbonyl (C=O) groups is 1. The van der Waals surface area contributed by atoms with Crippen LogP contribution in [0, 0.1) is 0 Å². The van der Waals surface area contributed by atoms with E-state index in [1.165, 1.54) is 0 Å². The van der Waals surface area contributed by atoms with Gasteiger partial charge in [-0.2, -0.15) is 0 Å². The van der Waals surface area contributed by atoms with Crippen LogP contribution in [0.25, 0.3) is 0 Å². The number of aliphatic carboxylic acids is 1. The van der Waals surface area contributed by atoms with E-state index in [0.717, 1.165) is 5.76 Å². The molecular formula is C11H16BrNO3. The number of rotatable bonds is 5. The SMILES string of the molecule is CCC(C(=O)O)N(C)C(C)c1ccc(Br)o1. The van der Waals surface area contributed by atoms with Gasteiger partial charge in [-0.3, -0.25) is 9.69 Å². The lowest BCUT2D eigenvalue weighted by molar-refractivity contribution is -0.143. The van der Waals surface area contributed by atoms with Crippen LogP contribution in [0.5, 0.6) is 0 Å². The molecule has 0 saturated carbocycles. The van der Waals surface area contributed by atoms with Crippen LogP contribution in [0.4, 0.5) is 0 Å². The Hall–Kier alpha value is -0.810. The van der Waals surface area contributed by atoms with Crippen molar-refractivity contribution in [2.24, 2.45) is 0 Å². The topological polar surface area (TPSA) is 53.7 Å². The van der Waals surface area contributed by atoms with Crippen LogP contribution in [0.15, 0.2) is 21.2 Å². The summed E-state index contributed by atoms with van der Waals surface area (Å²) in [6, 6.07) is 3.10. The minimum atomic E-state index is -0.803.